The van der Waals surface area contributed by atoms with Gasteiger partial charge in [-0.2, -0.15) is 39.5 Å². The van der Waals surface area contributed by atoms with Crippen LogP contribution in [0.1, 0.15) is 124 Å². The van der Waals surface area contributed by atoms with Crippen molar-refractivity contribution in [3.8, 4) is 0 Å². The van der Waals surface area contributed by atoms with E-state index < -0.39 is 230 Å². The second kappa shape index (κ2) is 54.0. The topological polar surface area (TPSA) is 628 Å². The van der Waals surface area contributed by atoms with Gasteiger partial charge in [-0.15, -0.1) is 0 Å². The lowest BCUT2D eigenvalue weighted by molar-refractivity contribution is -0.295. The summed E-state index contributed by atoms with van der Waals surface area (Å²) in [6.45, 7) is 7.36. The molecule has 0 saturated carbocycles. The summed E-state index contributed by atoms with van der Waals surface area (Å²) in [5.41, 5.74) is 7.32. The number of halogens is 9. The van der Waals surface area contributed by atoms with Crippen LogP contribution in [0.15, 0.2) is 97.1 Å². The van der Waals surface area contributed by atoms with Crippen LogP contribution in [0.3, 0.4) is 0 Å². The molecular formula is C88H116F9N7O39. The molecular weight excluding hydrogens is 1950 g/mol. The number of rotatable bonds is 37. The van der Waals surface area contributed by atoms with Crippen molar-refractivity contribution < 1.29 is 229 Å². The van der Waals surface area contributed by atoms with Gasteiger partial charge in [0.05, 0.1) is 136 Å². The Morgan fingerprint density at radius 2 is 0.573 bits per heavy atom. The molecule has 46 nitrogen and oxygen atoms in total. The van der Waals surface area contributed by atoms with Gasteiger partial charge in [0.1, 0.15) is 91.4 Å². The molecule has 15 N–H and O–H groups in total. The van der Waals surface area contributed by atoms with E-state index >= 15 is 0 Å². The summed E-state index contributed by atoms with van der Waals surface area (Å²) >= 11 is 0. The zero-order valence-corrected chi connectivity index (χ0v) is 78.7. The largest absolute Gasteiger partial charge is 0.471 e. The summed E-state index contributed by atoms with van der Waals surface area (Å²) in [7, 11) is 6.69. The summed E-state index contributed by atoms with van der Waals surface area (Å²) in [5.74, 6) is -14.1. The van der Waals surface area contributed by atoms with E-state index in [1.54, 1.807) is 118 Å². The monoisotopic (exact) mass is 2070 g/mol. The normalized spacial score (nSPS) is 26.4. The first-order valence-electron chi connectivity index (χ1n) is 43.6. The molecule has 8 aliphatic rings. The molecule has 4 aromatic carbocycles. The van der Waals surface area contributed by atoms with Crippen molar-refractivity contribution in [3.05, 3.63) is 142 Å². The lowest BCUT2D eigenvalue weighted by Gasteiger charge is -2.45. The fraction of sp³-hybridized carbons (Fsp3) is 0.602. The number of nitrogens with zero attached hydrogens (tertiary/aromatic N) is 3. The SMILES string of the molecule is COC(C)(C)OCCOCCNC(=O)C(F)(F)F.COC1OC(CO)C(O)C(O)C1N.COC1OC(CO)C(O)C(O)C1N1C(=O)c2ccccc2C1=O.COC1OC(COC(C)(C)OCCOCCNC(=O)C(F)(F)F)C(O)C(O)C1N1C(=O)c2ccccc2C1=O.COC1OC(COC(C)(C)OCCOCCNC(=O)C(F)(F)F)C(O)C(O)C1N1C(=O)c2ccccc2C1=O.O=C1OC(=O)c2ccccc21. The summed E-state index contributed by atoms with van der Waals surface area (Å²) in [5, 5.41) is 105. The number of carbonyl (C=O) groups is 11. The summed E-state index contributed by atoms with van der Waals surface area (Å²) in [4.78, 5) is 133. The van der Waals surface area contributed by atoms with Crippen LogP contribution < -0.4 is 21.7 Å². The van der Waals surface area contributed by atoms with E-state index in [0.29, 0.717) is 11.1 Å². The Morgan fingerprint density at radius 1 is 0.336 bits per heavy atom. The van der Waals surface area contributed by atoms with Gasteiger partial charge in [-0.25, -0.2) is 9.59 Å². The number of alkyl halides is 9. The van der Waals surface area contributed by atoms with Crippen LogP contribution in [-0.2, 0) is 99.6 Å². The molecule has 143 heavy (non-hydrogen) atoms. The third-order valence-corrected chi connectivity index (χ3v) is 22.0. The molecule has 4 aromatic rings. The fourth-order valence-electron chi connectivity index (χ4n) is 14.4. The fourth-order valence-corrected chi connectivity index (χ4v) is 14.4. The zero-order valence-electron chi connectivity index (χ0n) is 78.7. The average Bonchev–Trinajstić information content (AvgIpc) is 1.62. The number of benzene rings is 4. The van der Waals surface area contributed by atoms with Gasteiger partial charge in [0.2, 0.25) is 0 Å². The van der Waals surface area contributed by atoms with Crippen LogP contribution in [-0.4, -0.2) is 430 Å². The predicted octanol–water partition coefficient (Wildman–Crippen LogP) is -1.37. The molecule has 12 rings (SSSR count). The number of ether oxygens (including phenoxy) is 18. The first kappa shape index (κ1) is 120. The number of carbonyl (C=O) groups excluding carboxylic acids is 11. The summed E-state index contributed by atoms with van der Waals surface area (Å²) in [6, 6.07) is 20.5. The molecule has 4 saturated heterocycles. The standard InChI is InChI=1S/2C24H31F3N2O10.C15H17NO7.C10H18F3NO4.C8H4O3.C7H15NO5/c2*1-23(2,37-11-10-36-9-8-28-22(34)24(25,26)27)38-12-15-17(30)18(31)16(21(35-3)39-15)29-19(32)13-6-4-5-7-14(13)20(29)33;1-22-15-10(12(19)11(18)9(6-17)23-15)16-13(20)7-4-2-3-5-8(7)14(16)21;1-9(2,16-3)18-7-6-17-5-4-14-8(15)10(11,12)13;9-7-5-3-1-2-4-6(5)8(10)11-7;1-12-7-4(8)6(11)5(10)3(2-9)13-7/h2*4-7,15-18,21,30-31H,8-12H2,1-3H3,(H,28,34);2-5,9-12,15,17-19H,6H2,1H3;4-7H2,1-3H3,(H,14,15);1-4H;3-7,9-11H,2,8H2,1H3. The molecule has 20 unspecified atom stereocenters. The van der Waals surface area contributed by atoms with Crippen molar-refractivity contribution in [2.24, 2.45) is 5.73 Å². The number of fused-ring (bicyclic) bond motifs is 4. The number of aliphatic hydroxyl groups is 10. The number of aliphatic hydroxyl groups excluding tert-OH is 10. The molecule has 20 atom stereocenters. The highest BCUT2D eigenvalue weighted by molar-refractivity contribution is 6.23. The number of nitrogens with two attached hydrogens (primary N) is 1. The quantitative estimate of drug-likeness (QED) is 0.00619. The van der Waals surface area contributed by atoms with E-state index in [9.17, 15) is 138 Å². The first-order chi connectivity index (χ1) is 67.2. The molecule has 0 aromatic heterocycles. The number of cyclic esters (lactones) is 2. The Balaban J connectivity index is 0.000000247. The number of hydrogen-bond acceptors (Lipinski definition) is 40. The van der Waals surface area contributed by atoms with Gasteiger partial charge in [-0.05, 0) is 90.1 Å². The molecule has 8 heterocycles. The molecule has 8 aliphatic heterocycles. The smallest absolute Gasteiger partial charge is 0.394 e. The van der Waals surface area contributed by atoms with Crippen molar-refractivity contribution in [3.63, 3.8) is 0 Å². The lowest BCUT2D eigenvalue weighted by Crippen LogP contribution is -2.65. The van der Waals surface area contributed by atoms with E-state index in [-0.39, 0.29) is 132 Å². The molecule has 4 fully saturated rings. The van der Waals surface area contributed by atoms with Crippen molar-refractivity contribution in [1.82, 2.24) is 30.7 Å². The molecule has 9 amide bonds. The van der Waals surface area contributed by atoms with Gasteiger partial charge < -0.3 is 158 Å². The minimum atomic E-state index is -4.96. The molecule has 0 bridgehead atoms. The van der Waals surface area contributed by atoms with Crippen molar-refractivity contribution in [2.45, 2.75) is 200 Å². The van der Waals surface area contributed by atoms with Gasteiger partial charge >= 0.3 is 48.2 Å². The number of methoxy groups -OCH3 is 5. The van der Waals surface area contributed by atoms with Gasteiger partial charge in [-0.1, -0.05) is 48.5 Å². The number of esters is 2. The lowest BCUT2D eigenvalue weighted by atomic mass is 9.95. The van der Waals surface area contributed by atoms with Gasteiger partial charge in [0.15, 0.2) is 42.5 Å². The Bertz CT molecular complexity index is 4570. The van der Waals surface area contributed by atoms with Crippen LogP contribution in [0, 0.1) is 0 Å². The summed E-state index contributed by atoms with van der Waals surface area (Å²) in [6.07, 6.45) is -35.1. The highest BCUT2D eigenvalue weighted by Gasteiger charge is 2.58. The average molecular weight is 2070 g/mol. The maximum atomic E-state index is 12.9. The maximum Gasteiger partial charge on any atom is 0.471 e. The minimum absolute atomic E-state index is 0.0103. The van der Waals surface area contributed by atoms with Crippen molar-refractivity contribution in [1.29, 1.82) is 0 Å². The van der Waals surface area contributed by atoms with Crippen LogP contribution in [0.2, 0.25) is 0 Å². The Kier molecular flexibility index (Phi) is 45.3. The Morgan fingerprint density at radius 3 is 0.825 bits per heavy atom. The second-order valence-corrected chi connectivity index (χ2v) is 32.9. The molecule has 800 valence electrons. The number of imide groups is 3. The first-order valence-corrected chi connectivity index (χ1v) is 43.6. The van der Waals surface area contributed by atoms with Gasteiger partial charge in [-0.3, -0.25) is 57.9 Å². The highest BCUT2D eigenvalue weighted by Crippen LogP contribution is 2.38. The van der Waals surface area contributed by atoms with Crippen LogP contribution >= 0.6 is 0 Å². The van der Waals surface area contributed by atoms with Crippen molar-refractivity contribution >= 4 is 65.1 Å². The summed E-state index contributed by atoms with van der Waals surface area (Å²) < 4.78 is 203. The number of nitrogens with one attached hydrogen (secondary N) is 3. The Hall–Kier alpha value is -9.90. The second-order valence-electron chi connectivity index (χ2n) is 32.9. The molecule has 0 radical (unpaired) electrons. The molecule has 0 spiro atoms. The number of amides is 9. The predicted molar refractivity (Wildman–Crippen MR) is 460 cm³/mol. The van der Waals surface area contributed by atoms with E-state index in [1.807, 2.05) is 0 Å². The number of hydrogen-bond donors (Lipinski definition) is 14. The van der Waals surface area contributed by atoms with Crippen LogP contribution in [0.4, 0.5) is 39.5 Å². The zero-order chi connectivity index (χ0) is 107. The van der Waals surface area contributed by atoms with E-state index in [2.05, 4.69) is 4.74 Å². The molecule has 55 heteroatoms. The van der Waals surface area contributed by atoms with E-state index in [4.69, 9.17) is 91.4 Å². The van der Waals surface area contributed by atoms with Crippen LogP contribution in [0.5, 0.6) is 0 Å². The van der Waals surface area contributed by atoms with Crippen molar-refractivity contribution in [2.75, 3.05) is 141 Å². The Labute approximate surface area is 809 Å². The van der Waals surface area contributed by atoms with Crippen LogP contribution in [0.25, 0.3) is 0 Å². The minimum Gasteiger partial charge on any atom is -0.394 e. The maximum absolute atomic E-state index is 12.9. The van der Waals surface area contributed by atoms with Gasteiger partial charge in [0, 0.05) is 55.2 Å². The highest BCUT2D eigenvalue weighted by atomic mass is 19.4. The molecule has 0 aliphatic carbocycles. The third kappa shape index (κ3) is 32.1. The van der Waals surface area contributed by atoms with Gasteiger partial charge in [0.25, 0.3) is 35.4 Å². The third-order valence-electron chi connectivity index (χ3n) is 22.0. The van der Waals surface area contributed by atoms with E-state index in [1.165, 1.54) is 71.9 Å². The van der Waals surface area contributed by atoms with E-state index in [0.717, 1.165) is 14.7 Å².